The second-order valence-electron chi connectivity index (χ2n) is 3.64. The summed E-state index contributed by atoms with van der Waals surface area (Å²) in [6, 6.07) is 0.0399. The highest BCUT2D eigenvalue weighted by Gasteiger charge is 2.14. The lowest BCUT2D eigenvalue weighted by molar-refractivity contribution is 0.190. The number of amides is 2. The number of urea groups is 1. The van der Waals surface area contributed by atoms with Crippen molar-refractivity contribution in [1.29, 1.82) is 0 Å². The SMILES string of the molecule is O=C(NCCc1nccs1)N1CCNCC1. The van der Waals surface area contributed by atoms with Crippen LogP contribution in [0, 0.1) is 0 Å². The largest absolute Gasteiger partial charge is 0.338 e. The number of aromatic nitrogens is 1. The van der Waals surface area contributed by atoms with Crippen LogP contribution in [-0.2, 0) is 6.42 Å². The van der Waals surface area contributed by atoms with Gasteiger partial charge in [0.25, 0.3) is 0 Å². The monoisotopic (exact) mass is 240 g/mol. The van der Waals surface area contributed by atoms with Gasteiger partial charge < -0.3 is 15.5 Å². The predicted molar refractivity (Wildman–Crippen MR) is 63.7 cm³/mol. The standard InChI is InChI=1S/C10H16N4OS/c15-10(14-6-3-11-4-7-14)13-2-1-9-12-5-8-16-9/h5,8,11H,1-4,6-7H2,(H,13,15). The van der Waals surface area contributed by atoms with Crippen molar-refractivity contribution in [2.75, 3.05) is 32.7 Å². The molecule has 1 aromatic heterocycles. The normalized spacial score (nSPS) is 16.1. The lowest BCUT2D eigenvalue weighted by Crippen LogP contribution is -2.50. The number of rotatable bonds is 3. The summed E-state index contributed by atoms with van der Waals surface area (Å²) < 4.78 is 0. The minimum absolute atomic E-state index is 0.0399. The highest BCUT2D eigenvalue weighted by molar-refractivity contribution is 7.09. The summed E-state index contributed by atoms with van der Waals surface area (Å²) in [5.74, 6) is 0. The van der Waals surface area contributed by atoms with Crippen LogP contribution in [-0.4, -0.2) is 48.6 Å². The number of piperazine rings is 1. The van der Waals surface area contributed by atoms with E-state index in [9.17, 15) is 4.79 Å². The number of hydrogen-bond acceptors (Lipinski definition) is 4. The van der Waals surface area contributed by atoms with Crippen LogP contribution >= 0.6 is 11.3 Å². The van der Waals surface area contributed by atoms with Gasteiger partial charge in [0.1, 0.15) is 0 Å². The Balaban J connectivity index is 1.67. The fourth-order valence-electron chi connectivity index (χ4n) is 1.63. The molecule has 0 unspecified atom stereocenters. The summed E-state index contributed by atoms with van der Waals surface area (Å²) in [6.07, 6.45) is 2.60. The third kappa shape index (κ3) is 3.18. The Hall–Kier alpha value is -1.14. The van der Waals surface area contributed by atoms with E-state index >= 15 is 0 Å². The molecule has 1 aliphatic heterocycles. The third-order valence-corrected chi connectivity index (χ3v) is 3.34. The van der Waals surface area contributed by atoms with Gasteiger partial charge in [-0.3, -0.25) is 0 Å². The van der Waals surface area contributed by atoms with E-state index in [2.05, 4.69) is 15.6 Å². The van der Waals surface area contributed by atoms with Crippen LogP contribution in [0.5, 0.6) is 0 Å². The Bertz CT molecular complexity index is 322. The second-order valence-corrected chi connectivity index (χ2v) is 4.62. The first kappa shape index (κ1) is 11.3. The maximum absolute atomic E-state index is 11.7. The van der Waals surface area contributed by atoms with Gasteiger partial charge in [0.05, 0.1) is 5.01 Å². The average molecular weight is 240 g/mol. The van der Waals surface area contributed by atoms with Crippen LogP contribution in [0.2, 0.25) is 0 Å². The van der Waals surface area contributed by atoms with E-state index in [0.717, 1.165) is 37.6 Å². The highest BCUT2D eigenvalue weighted by Crippen LogP contribution is 2.03. The third-order valence-electron chi connectivity index (χ3n) is 2.50. The highest BCUT2D eigenvalue weighted by atomic mass is 32.1. The lowest BCUT2D eigenvalue weighted by Gasteiger charge is -2.27. The minimum atomic E-state index is 0.0399. The Labute approximate surface area is 98.9 Å². The molecule has 88 valence electrons. The molecule has 2 N–H and O–H groups in total. The number of thiazole rings is 1. The van der Waals surface area contributed by atoms with E-state index in [0.29, 0.717) is 6.54 Å². The number of carbonyl (C=O) groups is 1. The first-order chi connectivity index (χ1) is 7.86. The van der Waals surface area contributed by atoms with Crippen molar-refractivity contribution in [3.63, 3.8) is 0 Å². The van der Waals surface area contributed by atoms with E-state index in [-0.39, 0.29) is 6.03 Å². The molecule has 16 heavy (non-hydrogen) atoms. The Morgan fingerprint density at radius 1 is 1.56 bits per heavy atom. The molecule has 1 aliphatic rings. The summed E-state index contributed by atoms with van der Waals surface area (Å²) in [4.78, 5) is 17.7. The molecule has 2 heterocycles. The molecule has 0 radical (unpaired) electrons. The zero-order valence-electron chi connectivity index (χ0n) is 9.11. The summed E-state index contributed by atoms with van der Waals surface area (Å²) in [5.41, 5.74) is 0. The lowest BCUT2D eigenvalue weighted by atomic mass is 10.4. The molecule has 0 saturated carbocycles. The Morgan fingerprint density at radius 3 is 3.06 bits per heavy atom. The summed E-state index contributed by atoms with van der Waals surface area (Å²) in [7, 11) is 0. The van der Waals surface area contributed by atoms with Gasteiger partial charge in [-0.2, -0.15) is 0 Å². The smallest absolute Gasteiger partial charge is 0.317 e. The quantitative estimate of drug-likeness (QED) is 0.799. The van der Waals surface area contributed by atoms with Crippen molar-refractivity contribution in [1.82, 2.24) is 20.5 Å². The van der Waals surface area contributed by atoms with Gasteiger partial charge in [-0.25, -0.2) is 9.78 Å². The van der Waals surface area contributed by atoms with E-state index in [4.69, 9.17) is 0 Å². The molecule has 1 fully saturated rings. The van der Waals surface area contributed by atoms with Gasteiger partial charge in [-0.05, 0) is 0 Å². The zero-order chi connectivity index (χ0) is 11.2. The summed E-state index contributed by atoms with van der Waals surface area (Å²) >= 11 is 1.62. The molecule has 2 rings (SSSR count). The predicted octanol–water partition coefficient (Wildman–Crippen LogP) is 0.300. The van der Waals surface area contributed by atoms with Crippen LogP contribution in [0.3, 0.4) is 0 Å². The van der Waals surface area contributed by atoms with E-state index in [1.807, 2.05) is 10.3 Å². The van der Waals surface area contributed by atoms with Crippen LogP contribution in [0.1, 0.15) is 5.01 Å². The number of carbonyl (C=O) groups excluding carboxylic acids is 1. The van der Waals surface area contributed by atoms with Gasteiger partial charge in [-0.15, -0.1) is 11.3 Å². The van der Waals surface area contributed by atoms with Crippen molar-refractivity contribution in [3.05, 3.63) is 16.6 Å². The number of nitrogens with zero attached hydrogens (tertiary/aromatic N) is 2. The van der Waals surface area contributed by atoms with Crippen LogP contribution < -0.4 is 10.6 Å². The van der Waals surface area contributed by atoms with Crippen molar-refractivity contribution >= 4 is 17.4 Å². The Kier molecular flexibility index (Phi) is 4.12. The van der Waals surface area contributed by atoms with Crippen molar-refractivity contribution in [2.45, 2.75) is 6.42 Å². The number of hydrogen-bond donors (Lipinski definition) is 2. The molecule has 2 amide bonds. The summed E-state index contributed by atoms with van der Waals surface area (Å²) in [6.45, 7) is 4.03. The maximum Gasteiger partial charge on any atom is 0.317 e. The molecule has 6 heteroatoms. The van der Waals surface area contributed by atoms with Crippen molar-refractivity contribution in [2.24, 2.45) is 0 Å². The molecular weight excluding hydrogens is 224 g/mol. The maximum atomic E-state index is 11.7. The first-order valence-corrected chi connectivity index (χ1v) is 6.36. The van der Waals surface area contributed by atoms with Crippen molar-refractivity contribution in [3.8, 4) is 0 Å². The fraction of sp³-hybridized carbons (Fsp3) is 0.600. The van der Waals surface area contributed by atoms with E-state index < -0.39 is 0 Å². The molecule has 0 spiro atoms. The Morgan fingerprint density at radius 2 is 2.38 bits per heavy atom. The van der Waals surface area contributed by atoms with Crippen molar-refractivity contribution < 1.29 is 4.79 Å². The van der Waals surface area contributed by atoms with Gasteiger partial charge in [0.15, 0.2) is 0 Å². The van der Waals surface area contributed by atoms with Gasteiger partial charge in [-0.1, -0.05) is 0 Å². The van der Waals surface area contributed by atoms with Crippen LogP contribution in [0.4, 0.5) is 4.79 Å². The molecule has 0 aliphatic carbocycles. The van der Waals surface area contributed by atoms with Gasteiger partial charge in [0, 0.05) is 50.7 Å². The second kappa shape index (κ2) is 5.81. The average Bonchev–Trinajstić information content (AvgIpc) is 2.83. The molecule has 1 aromatic rings. The van der Waals surface area contributed by atoms with Crippen LogP contribution in [0.15, 0.2) is 11.6 Å². The minimum Gasteiger partial charge on any atom is -0.338 e. The topological polar surface area (TPSA) is 57.3 Å². The van der Waals surface area contributed by atoms with Gasteiger partial charge in [0.2, 0.25) is 0 Å². The molecular formula is C10H16N4OS. The summed E-state index contributed by atoms with van der Waals surface area (Å²) in [5, 5.41) is 9.16. The number of nitrogens with one attached hydrogen (secondary N) is 2. The van der Waals surface area contributed by atoms with Crippen LogP contribution in [0.25, 0.3) is 0 Å². The first-order valence-electron chi connectivity index (χ1n) is 5.48. The van der Waals surface area contributed by atoms with Gasteiger partial charge >= 0.3 is 6.03 Å². The fourth-order valence-corrected chi connectivity index (χ4v) is 2.25. The molecule has 1 saturated heterocycles. The van der Waals surface area contributed by atoms with E-state index in [1.54, 1.807) is 17.5 Å². The molecule has 0 atom stereocenters. The zero-order valence-corrected chi connectivity index (χ0v) is 9.92. The molecule has 5 nitrogen and oxygen atoms in total. The van der Waals surface area contributed by atoms with E-state index in [1.165, 1.54) is 0 Å². The molecule has 0 aromatic carbocycles. The molecule has 0 bridgehead atoms.